The van der Waals surface area contributed by atoms with Crippen LogP contribution in [0.4, 0.5) is 11.4 Å². The van der Waals surface area contributed by atoms with E-state index in [4.69, 9.17) is 9.79 Å². The molecule has 3 atom stereocenters. The van der Waals surface area contributed by atoms with E-state index in [2.05, 4.69) is 40.7 Å². The molecule has 0 saturated carbocycles. The highest BCUT2D eigenvalue weighted by Gasteiger charge is 2.30. The lowest BCUT2D eigenvalue weighted by molar-refractivity contribution is -0.383. The third-order valence-electron chi connectivity index (χ3n) is 8.31. The zero-order valence-corrected chi connectivity index (χ0v) is 30.2. The Kier molecular flexibility index (Phi) is 13.4. The Morgan fingerprint density at radius 2 is 1.25 bits per heavy atom. The number of carbonyl (C=O) groups excluding carboxylic acids is 3. The molecule has 0 aliphatic heterocycles. The summed E-state index contributed by atoms with van der Waals surface area (Å²) >= 11 is 0. The van der Waals surface area contributed by atoms with Crippen LogP contribution in [0.5, 0.6) is 5.75 Å². The van der Waals surface area contributed by atoms with Crippen LogP contribution in [0.25, 0.3) is 11.0 Å². The highest BCUT2D eigenvalue weighted by atomic mass is 31.2. The zero-order valence-electron chi connectivity index (χ0n) is 29.3. The quantitative estimate of drug-likeness (QED) is 0.0360. The summed E-state index contributed by atoms with van der Waals surface area (Å²) in [7, 11) is -4.81. The van der Waals surface area contributed by atoms with Crippen molar-refractivity contribution in [2.45, 2.75) is 43.8 Å². The van der Waals surface area contributed by atoms with Crippen LogP contribution >= 0.6 is 7.82 Å². The van der Waals surface area contributed by atoms with E-state index >= 15 is 0 Å². The van der Waals surface area contributed by atoms with Gasteiger partial charge in [-0.1, -0.05) is 72.8 Å². The number of nitro benzene ring substituents is 1. The number of aromatic nitrogens is 2. The molecule has 0 aliphatic carbocycles. The second-order valence-corrected chi connectivity index (χ2v) is 13.6. The number of hydrogen-bond donors (Lipinski definition) is 7. The van der Waals surface area contributed by atoms with Gasteiger partial charge < -0.3 is 30.9 Å². The number of rotatable bonds is 19. The summed E-state index contributed by atoms with van der Waals surface area (Å²) in [5, 5.41) is 39.5. The highest BCUT2D eigenvalue weighted by molar-refractivity contribution is 7.46. The van der Waals surface area contributed by atoms with Crippen LogP contribution in [0.15, 0.2) is 102 Å². The van der Waals surface area contributed by atoms with Gasteiger partial charge in [-0.2, -0.15) is 0 Å². The van der Waals surface area contributed by atoms with E-state index in [1.54, 1.807) is 60.7 Å². The predicted octanol–water partition coefficient (Wildman–Crippen LogP) is 2.67. The van der Waals surface area contributed by atoms with Crippen molar-refractivity contribution in [3.63, 3.8) is 0 Å². The Hall–Kier alpha value is -6.69. The number of hydrogen-bond acceptors (Lipinski definition) is 12. The summed E-state index contributed by atoms with van der Waals surface area (Å²) in [6.07, 6.45) is -0.361. The highest BCUT2D eigenvalue weighted by Crippen LogP contribution is 2.37. The van der Waals surface area contributed by atoms with E-state index in [0.717, 1.165) is 0 Å². The first kappa shape index (κ1) is 40.5. The van der Waals surface area contributed by atoms with E-state index in [1.165, 1.54) is 36.4 Å². The summed E-state index contributed by atoms with van der Waals surface area (Å²) in [5.74, 6) is -3.61. The molecule has 1 aromatic heterocycles. The molecular formula is C36H36N7O12P. The number of carboxylic acid groups (broad SMARTS) is 1. The van der Waals surface area contributed by atoms with E-state index in [0.29, 0.717) is 22.4 Å². The number of nitrogens with one attached hydrogen (secondary N) is 4. The molecule has 0 bridgehead atoms. The summed E-state index contributed by atoms with van der Waals surface area (Å²) < 4.78 is 20.3. The molecule has 0 aliphatic rings. The molecule has 5 aromatic rings. The van der Waals surface area contributed by atoms with Gasteiger partial charge in [-0.05, 0) is 45.2 Å². The summed E-state index contributed by atoms with van der Waals surface area (Å²) in [5.41, 5.74) is 1.80. The summed E-state index contributed by atoms with van der Waals surface area (Å²) in [6, 6.07) is 21.5. The van der Waals surface area contributed by atoms with Gasteiger partial charge in [0.15, 0.2) is 5.52 Å². The van der Waals surface area contributed by atoms with Crippen LogP contribution in [-0.2, 0) is 43.0 Å². The summed E-state index contributed by atoms with van der Waals surface area (Å²) in [6.45, 7) is 0.0281. The van der Waals surface area contributed by atoms with E-state index in [1.807, 2.05) is 0 Å². The van der Waals surface area contributed by atoms with Crippen molar-refractivity contribution < 1.29 is 52.7 Å². The fourth-order valence-corrected chi connectivity index (χ4v) is 6.04. The number of nitrogens with zero attached hydrogens (tertiary/aromatic N) is 3. The molecule has 5 rings (SSSR count). The molecule has 19 nitrogen and oxygen atoms in total. The van der Waals surface area contributed by atoms with Crippen molar-refractivity contribution in [3.8, 4) is 5.75 Å². The van der Waals surface area contributed by atoms with Gasteiger partial charge in [-0.15, -0.1) is 0 Å². The lowest BCUT2D eigenvalue weighted by Crippen LogP contribution is -2.57. The van der Waals surface area contributed by atoms with Crippen molar-refractivity contribution in [2.24, 2.45) is 0 Å². The van der Waals surface area contributed by atoms with E-state index in [9.17, 15) is 39.0 Å². The molecule has 4 aromatic carbocycles. The number of amides is 3. The molecule has 292 valence electrons. The van der Waals surface area contributed by atoms with Crippen LogP contribution in [0, 0.1) is 10.1 Å². The van der Waals surface area contributed by atoms with E-state index < -0.39 is 54.6 Å². The Morgan fingerprint density at radius 3 is 1.80 bits per heavy atom. The molecule has 0 radical (unpaired) electrons. The minimum Gasteiger partial charge on any atom is -0.480 e. The Bertz CT molecular complexity index is 2220. The number of carboxylic acids is 1. The number of fused-ring (bicyclic) bond motifs is 1. The second kappa shape index (κ2) is 18.6. The first-order chi connectivity index (χ1) is 26.8. The van der Waals surface area contributed by atoms with Gasteiger partial charge in [0, 0.05) is 38.3 Å². The molecule has 0 spiro atoms. The van der Waals surface area contributed by atoms with Crippen molar-refractivity contribution >= 4 is 53.9 Å². The molecule has 1 heterocycles. The first-order valence-electron chi connectivity index (χ1n) is 16.9. The molecule has 56 heavy (non-hydrogen) atoms. The fraction of sp³-hybridized carbons (Fsp3) is 0.222. The van der Waals surface area contributed by atoms with Gasteiger partial charge in [0.05, 0.1) is 10.6 Å². The lowest BCUT2D eigenvalue weighted by atomic mass is 10.0. The normalized spacial score (nSPS) is 12.8. The maximum absolute atomic E-state index is 13.9. The number of anilines is 1. The third-order valence-corrected chi connectivity index (χ3v) is 8.76. The molecule has 0 unspecified atom stereocenters. The van der Waals surface area contributed by atoms with Crippen molar-refractivity contribution in [2.75, 3.05) is 11.9 Å². The van der Waals surface area contributed by atoms with Crippen molar-refractivity contribution in [1.82, 2.24) is 26.3 Å². The monoisotopic (exact) mass is 789 g/mol. The minimum absolute atomic E-state index is 0.0281. The molecule has 0 saturated heterocycles. The van der Waals surface area contributed by atoms with Gasteiger partial charge >= 0.3 is 19.5 Å². The van der Waals surface area contributed by atoms with Gasteiger partial charge in [0.2, 0.25) is 23.2 Å². The largest absolute Gasteiger partial charge is 0.524 e. The Balaban J connectivity index is 1.29. The molecule has 7 N–H and O–H groups in total. The average Bonchev–Trinajstić information content (AvgIpc) is 3.65. The maximum atomic E-state index is 13.9. The number of benzene rings is 4. The van der Waals surface area contributed by atoms with Crippen molar-refractivity contribution in [1.29, 1.82) is 0 Å². The van der Waals surface area contributed by atoms with Gasteiger partial charge in [0.25, 0.3) is 0 Å². The van der Waals surface area contributed by atoms with Crippen molar-refractivity contribution in [3.05, 3.63) is 124 Å². The molecule has 20 heteroatoms. The number of non-ortho nitro benzene ring substituents is 1. The number of aliphatic carboxylic acids is 1. The maximum Gasteiger partial charge on any atom is 0.524 e. The SMILES string of the molecule is O=C(CCNc1ccc([N+](=O)[O-])c2nonc12)N[C@@H](Cc1ccccc1)C(=O)N[C@@H](Cc1ccccc1)C(=O)N[C@@H](Cc1ccc(OP(=O)(O)O)cc1)C(=O)O. The van der Waals surface area contributed by atoms with Crippen LogP contribution < -0.4 is 25.8 Å². The molecule has 0 fully saturated rings. The third kappa shape index (κ3) is 11.7. The predicted molar refractivity (Wildman–Crippen MR) is 198 cm³/mol. The molecule has 3 amide bonds. The number of carbonyl (C=O) groups is 4. The molecular weight excluding hydrogens is 753 g/mol. The van der Waals surface area contributed by atoms with Crippen LogP contribution in [0.2, 0.25) is 0 Å². The van der Waals surface area contributed by atoms with Crippen LogP contribution in [0.1, 0.15) is 23.1 Å². The topological polar surface area (TPSA) is 285 Å². The standard InChI is InChI=1S/C36H36N7O12P/c44-31(17-18-37-26-15-16-30(43(49)50)33-32(26)41-55-42-33)38-27(19-22-7-3-1-4-8-22)34(45)39-28(20-23-9-5-2-6-10-23)35(46)40-29(36(47)48)21-24-11-13-25(14-12-24)54-56(51,52)53/h1-16,27-29,37H,17-21H2,(H,38,44)(H,39,45)(H,40,46)(H,47,48)(H2,51,52,53)/t27-,28-,29-/m0/s1. The van der Waals surface area contributed by atoms with Gasteiger partial charge in [-0.25, -0.2) is 14.0 Å². The number of phosphoric ester groups is 1. The Labute approximate surface area is 317 Å². The Morgan fingerprint density at radius 1 is 0.732 bits per heavy atom. The fourth-order valence-electron chi connectivity index (χ4n) is 5.64. The number of nitro groups is 1. The average molecular weight is 790 g/mol. The minimum atomic E-state index is -4.81. The van der Waals surface area contributed by atoms with Crippen LogP contribution in [0.3, 0.4) is 0 Å². The number of phosphoric acid groups is 1. The zero-order chi connectivity index (χ0) is 40.2. The van der Waals surface area contributed by atoms with E-state index in [-0.39, 0.29) is 54.7 Å². The summed E-state index contributed by atoms with van der Waals surface area (Å²) in [4.78, 5) is 82.0. The smallest absolute Gasteiger partial charge is 0.480 e. The lowest BCUT2D eigenvalue weighted by Gasteiger charge is -2.25. The van der Waals surface area contributed by atoms with Gasteiger partial charge in [-0.3, -0.25) is 34.3 Å². The van der Waals surface area contributed by atoms with Crippen LogP contribution in [-0.4, -0.2) is 78.5 Å². The first-order valence-corrected chi connectivity index (χ1v) is 18.5. The van der Waals surface area contributed by atoms with Gasteiger partial charge in [0.1, 0.15) is 23.9 Å². The second-order valence-electron chi connectivity index (χ2n) is 12.4.